The van der Waals surface area contributed by atoms with Gasteiger partial charge in [-0.25, -0.2) is 0 Å². The number of carboxylic acids is 1. The Morgan fingerprint density at radius 2 is 2.13 bits per heavy atom. The molecule has 6 nitrogen and oxygen atoms in total. The van der Waals surface area contributed by atoms with Crippen molar-refractivity contribution in [2.45, 2.75) is 19.8 Å². The zero-order chi connectivity index (χ0) is 16.9. The fourth-order valence-electron chi connectivity index (χ4n) is 2.60. The number of likely N-dealkylation sites (tertiary alicyclic amines) is 1. The van der Waals surface area contributed by atoms with E-state index in [0.29, 0.717) is 37.5 Å². The number of carboxylic acid groups (broad SMARTS) is 1. The van der Waals surface area contributed by atoms with Crippen molar-refractivity contribution >= 4 is 11.9 Å². The number of benzene rings is 1. The Morgan fingerprint density at radius 1 is 1.35 bits per heavy atom. The third-order valence-corrected chi connectivity index (χ3v) is 4.12. The molecule has 1 aliphatic heterocycles. The summed E-state index contributed by atoms with van der Waals surface area (Å²) in [6.07, 6.45) is 1.25. The SMILES string of the molecule is COCCCOc1cccc(C(=O)N2CCC(C)(C(=O)O)C2)c1. The Kier molecular flexibility index (Phi) is 5.60. The maximum Gasteiger partial charge on any atom is 0.311 e. The van der Waals surface area contributed by atoms with Gasteiger partial charge in [-0.05, 0) is 31.5 Å². The normalized spacial score (nSPS) is 20.5. The van der Waals surface area contributed by atoms with Gasteiger partial charge in [-0.1, -0.05) is 6.07 Å². The monoisotopic (exact) mass is 321 g/mol. The Hall–Kier alpha value is -2.08. The highest BCUT2D eigenvalue weighted by Crippen LogP contribution is 2.31. The van der Waals surface area contributed by atoms with Crippen LogP contribution in [0.3, 0.4) is 0 Å². The third kappa shape index (κ3) is 4.22. The molecule has 1 aromatic carbocycles. The Morgan fingerprint density at radius 3 is 2.78 bits per heavy atom. The van der Waals surface area contributed by atoms with Gasteiger partial charge >= 0.3 is 5.97 Å². The first-order valence-corrected chi connectivity index (χ1v) is 7.71. The number of hydrogen-bond acceptors (Lipinski definition) is 4. The summed E-state index contributed by atoms with van der Waals surface area (Å²) in [4.78, 5) is 25.4. The maximum atomic E-state index is 12.5. The first-order chi connectivity index (χ1) is 11.0. The molecule has 126 valence electrons. The van der Waals surface area contributed by atoms with Crippen molar-refractivity contribution in [2.75, 3.05) is 33.4 Å². The summed E-state index contributed by atoms with van der Waals surface area (Å²) in [6.45, 7) is 3.52. The second-order valence-corrected chi connectivity index (χ2v) is 6.07. The van der Waals surface area contributed by atoms with Gasteiger partial charge in [-0.15, -0.1) is 0 Å². The molecule has 0 radical (unpaired) electrons. The molecule has 2 rings (SSSR count). The van der Waals surface area contributed by atoms with Gasteiger partial charge in [-0.2, -0.15) is 0 Å². The first-order valence-electron chi connectivity index (χ1n) is 7.71. The van der Waals surface area contributed by atoms with Gasteiger partial charge in [0, 0.05) is 38.8 Å². The lowest BCUT2D eigenvalue weighted by Crippen LogP contribution is -2.34. The van der Waals surface area contributed by atoms with Crippen molar-refractivity contribution in [3.8, 4) is 5.75 Å². The molecule has 1 heterocycles. The molecule has 1 saturated heterocycles. The number of ether oxygens (including phenoxy) is 2. The largest absolute Gasteiger partial charge is 0.493 e. The van der Waals surface area contributed by atoms with Crippen molar-refractivity contribution in [1.82, 2.24) is 4.90 Å². The molecule has 6 heteroatoms. The predicted molar refractivity (Wildman–Crippen MR) is 84.7 cm³/mol. The number of hydrogen-bond donors (Lipinski definition) is 1. The molecular formula is C17H23NO5. The molecule has 0 aliphatic carbocycles. The molecule has 1 unspecified atom stereocenters. The van der Waals surface area contributed by atoms with E-state index in [-0.39, 0.29) is 12.5 Å². The number of nitrogens with zero attached hydrogens (tertiary/aromatic N) is 1. The summed E-state index contributed by atoms with van der Waals surface area (Å²) < 4.78 is 10.6. The molecule has 0 aromatic heterocycles. The summed E-state index contributed by atoms with van der Waals surface area (Å²) >= 11 is 0. The highest BCUT2D eigenvalue weighted by atomic mass is 16.5. The molecule has 0 saturated carbocycles. The van der Waals surface area contributed by atoms with Crippen LogP contribution in [0.15, 0.2) is 24.3 Å². The van der Waals surface area contributed by atoms with Crippen molar-refractivity contribution in [2.24, 2.45) is 5.41 Å². The van der Waals surface area contributed by atoms with Crippen LogP contribution in [0.25, 0.3) is 0 Å². The van der Waals surface area contributed by atoms with Gasteiger partial charge in [0.2, 0.25) is 0 Å². The molecule has 0 bridgehead atoms. The van der Waals surface area contributed by atoms with E-state index in [1.165, 1.54) is 0 Å². The number of aliphatic carboxylic acids is 1. The number of carbonyl (C=O) groups is 2. The lowest BCUT2D eigenvalue weighted by molar-refractivity contribution is -0.147. The zero-order valence-corrected chi connectivity index (χ0v) is 13.6. The van der Waals surface area contributed by atoms with Gasteiger partial charge in [-0.3, -0.25) is 9.59 Å². The summed E-state index contributed by atoms with van der Waals surface area (Å²) in [5, 5.41) is 9.26. The molecular weight excluding hydrogens is 298 g/mol. The molecule has 1 aliphatic rings. The van der Waals surface area contributed by atoms with E-state index in [2.05, 4.69) is 0 Å². The van der Waals surface area contributed by atoms with Crippen molar-refractivity contribution < 1.29 is 24.2 Å². The van der Waals surface area contributed by atoms with Crippen molar-refractivity contribution in [1.29, 1.82) is 0 Å². The minimum absolute atomic E-state index is 0.155. The minimum atomic E-state index is -0.858. The fraction of sp³-hybridized carbons (Fsp3) is 0.529. The van der Waals surface area contributed by atoms with Crippen LogP contribution in [0.4, 0.5) is 0 Å². The molecule has 1 amide bonds. The fourth-order valence-corrected chi connectivity index (χ4v) is 2.60. The Labute approximate surface area is 136 Å². The smallest absolute Gasteiger partial charge is 0.311 e. The summed E-state index contributed by atoms with van der Waals surface area (Å²) in [5.41, 5.74) is -0.340. The summed E-state index contributed by atoms with van der Waals surface area (Å²) in [6, 6.07) is 6.99. The zero-order valence-electron chi connectivity index (χ0n) is 13.6. The van der Waals surface area contributed by atoms with Crippen molar-refractivity contribution in [3.63, 3.8) is 0 Å². The highest BCUT2D eigenvalue weighted by Gasteiger charge is 2.42. The van der Waals surface area contributed by atoms with Crippen LogP contribution >= 0.6 is 0 Å². The van der Waals surface area contributed by atoms with E-state index in [9.17, 15) is 14.7 Å². The van der Waals surface area contributed by atoms with Crippen LogP contribution in [0, 0.1) is 5.41 Å². The van der Waals surface area contributed by atoms with Gasteiger partial charge in [0.15, 0.2) is 0 Å². The predicted octanol–water partition coefficient (Wildman–Crippen LogP) is 2.04. The van der Waals surface area contributed by atoms with E-state index in [1.54, 1.807) is 43.2 Å². The minimum Gasteiger partial charge on any atom is -0.493 e. The molecule has 1 fully saturated rings. The van der Waals surface area contributed by atoms with Gasteiger partial charge in [0.05, 0.1) is 12.0 Å². The average Bonchev–Trinajstić information content (AvgIpc) is 2.95. The van der Waals surface area contributed by atoms with E-state index < -0.39 is 11.4 Å². The van der Waals surface area contributed by atoms with E-state index in [1.807, 2.05) is 0 Å². The topological polar surface area (TPSA) is 76.1 Å². The molecule has 0 spiro atoms. The van der Waals surface area contributed by atoms with Crippen LogP contribution in [0.1, 0.15) is 30.1 Å². The van der Waals surface area contributed by atoms with Crippen molar-refractivity contribution in [3.05, 3.63) is 29.8 Å². The summed E-state index contributed by atoms with van der Waals surface area (Å²) in [7, 11) is 1.64. The maximum absolute atomic E-state index is 12.5. The van der Waals surface area contributed by atoms with Crippen LogP contribution in [0.5, 0.6) is 5.75 Å². The quantitative estimate of drug-likeness (QED) is 0.778. The lowest BCUT2D eigenvalue weighted by Gasteiger charge is -2.20. The first kappa shape index (κ1) is 17.3. The third-order valence-electron chi connectivity index (χ3n) is 4.12. The number of carbonyl (C=O) groups excluding carboxylic acids is 1. The molecule has 23 heavy (non-hydrogen) atoms. The standard InChI is InChI=1S/C17H23NO5/c1-17(16(20)21)7-8-18(12-17)15(19)13-5-3-6-14(11-13)23-10-4-9-22-2/h3,5-6,11H,4,7-10,12H2,1-2H3,(H,20,21). The molecule has 1 N–H and O–H groups in total. The Bertz CT molecular complexity index is 574. The second kappa shape index (κ2) is 7.46. The van der Waals surface area contributed by atoms with E-state index in [4.69, 9.17) is 9.47 Å². The van der Waals surface area contributed by atoms with E-state index in [0.717, 1.165) is 6.42 Å². The van der Waals surface area contributed by atoms with Gasteiger partial charge in [0.25, 0.3) is 5.91 Å². The highest BCUT2D eigenvalue weighted by molar-refractivity contribution is 5.95. The van der Waals surface area contributed by atoms with Gasteiger partial charge < -0.3 is 19.5 Å². The van der Waals surface area contributed by atoms with Crippen LogP contribution < -0.4 is 4.74 Å². The average molecular weight is 321 g/mol. The van der Waals surface area contributed by atoms with Crippen LogP contribution in [-0.2, 0) is 9.53 Å². The van der Waals surface area contributed by atoms with Crippen LogP contribution in [-0.4, -0.2) is 55.3 Å². The molecule has 1 atom stereocenters. The van der Waals surface area contributed by atoms with E-state index >= 15 is 0 Å². The lowest BCUT2D eigenvalue weighted by atomic mass is 9.90. The Balaban J connectivity index is 1.99. The number of methoxy groups -OCH3 is 1. The van der Waals surface area contributed by atoms with Gasteiger partial charge in [0.1, 0.15) is 5.75 Å². The van der Waals surface area contributed by atoms with Crippen LogP contribution in [0.2, 0.25) is 0 Å². The molecule has 1 aromatic rings. The summed E-state index contributed by atoms with van der Waals surface area (Å²) in [5.74, 6) is -0.382. The second-order valence-electron chi connectivity index (χ2n) is 6.07. The number of rotatable bonds is 7. The number of amides is 1.